The van der Waals surface area contributed by atoms with E-state index < -0.39 is 0 Å². The first-order valence-electron chi connectivity index (χ1n) is 5.43. The molecule has 1 aromatic heterocycles. The largest absolute Gasteiger partial charge is 0.474 e. The maximum absolute atomic E-state index is 5.65. The molecule has 1 heterocycles. The van der Waals surface area contributed by atoms with Crippen LogP contribution in [0.5, 0.6) is 5.88 Å². The van der Waals surface area contributed by atoms with Crippen LogP contribution in [-0.4, -0.2) is 11.1 Å². The first-order valence-corrected chi connectivity index (χ1v) is 5.43. The molecule has 0 bridgehead atoms. The lowest BCUT2D eigenvalue weighted by Crippen LogP contribution is -2.01. The number of hydrogen-bond acceptors (Lipinski definition) is 2. The maximum Gasteiger partial charge on any atom is 0.213 e. The van der Waals surface area contributed by atoms with Gasteiger partial charge >= 0.3 is 0 Å². The molecule has 1 aromatic rings. The molecule has 2 heteroatoms. The summed E-state index contributed by atoms with van der Waals surface area (Å²) in [6.45, 7) is 4.38. The van der Waals surface area contributed by atoms with Gasteiger partial charge in [-0.25, -0.2) is 4.98 Å². The standard InChI is InChI=1S/C12H17NO/c1-3-9(2)11-5-4-6-12(13-11)14-10-7-8-10/h4-6,9-10H,3,7-8H2,1-2H3. The first-order chi connectivity index (χ1) is 6.79. The second-order valence-electron chi connectivity index (χ2n) is 4.03. The monoisotopic (exact) mass is 191 g/mol. The molecule has 2 rings (SSSR count). The van der Waals surface area contributed by atoms with Gasteiger partial charge in [-0.2, -0.15) is 0 Å². The van der Waals surface area contributed by atoms with E-state index in [2.05, 4.69) is 24.9 Å². The number of pyridine rings is 1. The summed E-state index contributed by atoms with van der Waals surface area (Å²) in [5.41, 5.74) is 1.14. The van der Waals surface area contributed by atoms with Crippen molar-refractivity contribution in [2.45, 2.75) is 45.1 Å². The molecule has 1 aliphatic rings. The lowest BCUT2D eigenvalue weighted by atomic mass is 10.0. The summed E-state index contributed by atoms with van der Waals surface area (Å²) < 4.78 is 5.65. The fraction of sp³-hybridized carbons (Fsp3) is 0.583. The van der Waals surface area contributed by atoms with Gasteiger partial charge in [-0.05, 0) is 31.2 Å². The fourth-order valence-electron chi connectivity index (χ4n) is 1.34. The van der Waals surface area contributed by atoms with Crippen molar-refractivity contribution in [1.82, 2.24) is 4.98 Å². The SMILES string of the molecule is CCC(C)c1cccc(OC2CC2)n1. The Kier molecular flexibility index (Phi) is 2.71. The predicted octanol–water partition coefficient (Wildman–Crippen LogP) is 3.14. The molecule has 1 atom stereocenters. The Morgan fingerprint density at radius 2 is 2.29 bits per heavy atom. The van der Waals surface area contributed by atoms with E-state index in [0.717, 1.165) is 18.0 Å². The molecule has 0 spiro atoms. The topological polar surface area (TPSA) is 22.1 Å². The Hall–Kier alpha value is -1.05. The van der Waals surface area contributed by atoms with Gasteiger partial charge in [0.05, 0.1) is 0 Å². The minimum absolute atomic E-state index is 0.440. The van der Waals surface area contributed by atoms with Crippen LogP contribution in [0.4, 0.5) is 0 Å². The molecule has 0 aromatic carbocycles. The van der Waals surface area contributed by atoms with Gasteiger partial charge in [0.15, 0.2) is 0 Å². The van der Waals surface area contributed by atoms with Crippen LogP contribution in [0.3, 0.4) is 0 Å². The molecular formula is C12H17NO. The number of hydrogen-bond donors (Lipinski definition) is 0. The predicted molar refractivity (Wildman–Crippen MR) is 56.6 cm³/mol. The highest BCUT2D eigenvalue weighted by Crippen LogP contribution is 2.26. The number of ether oxygens (including phenoxy) is 1. The third kappa shape index (κ3) is 2.25. The zero-order valence-electron chi connectivity index (χ0n) is 8.86. The summed E-state index contributed by atoms with van der Waals surface area (Å²) >= 11 is 0. The quantitative estimate of drug-likeness (QED) is 0.729. The van der Waals surface area contributed by atoms with Gasteiger partial charge in [0.25, 0.3) is 0 Å². The Bertz CT molecular complexity index is 307. The van der Waals surface area contributed by atoms with E-state index in [4.69, 9.17) is 4.74 Å². The van der Waals surface area contributed by atoms with Crippen LogP contribution in [0, 0.1) is 0 Å². The molecule has 14 heavy (non-hydrogen) atoms. The van der Waals surface area contributed by atoms with Crippen molar-refractivity contribution in [2.75, 3.05) is 0 Å². The van der Waals surface area contributed by atoms with E-state index in [9.17, 15) is 0 Å². The second-order valence-corrected chi connectivity index (χ2v) is 4.03. The highest BCUT2D eigenvalue weighted by atomic mass is 16.5. The van der Waals surface area contributed by atoms with Gasteiger partial charge in [0.1, 0.15) is 6.10 Å². The normalized spacial score (nSPS) is 17.9. The third-order valence-corrected chi connectivity index (χ3v) is 2.67. The van der Waals surface area contributed by atoms with Crippen LogP contribution in [-0.2, 0) is 0 Å². The number of rotatable bonds is 4. The van der Waals surface area contributed by atoms with Crippen LogP contribution in [0.15, 0.2) is 18.2 Å². The molecule has 1 fully saturated rings. The average molecular weight is 191 g/mol. The Morgan fingerprint density at radius 3 is 2.93 bits per heavy atom. The summed E-state index contributed by atoms with van der Waals surface area (Å²) in [6, 6.07) is 6.06. The van der Waals surface area contributed by atoms with Crippen molar-refractivity contribution in [3.8, 4) is 5.88 Å². The van der Waals surface area contributed by atoms with E-state index >= 15 is 0 Å². The molecule has 1 saturated carbocycles. The highest BCUT2D eigenvalue weighted by Gasteiger charge is 2.24. The molecular weight excluding hydrogens is 174 g/mol. The summed E-state index contributed by atoms with van der Waals surface area (Å²) in [5, 5.41) is 0. The van der Waals surface area contributed by atoms with Crippen molar-refractivity contribution in [1.29, 1.82) is 0 Å². The minimum Gasteiger partial charge on any atom is -0.474 e. The van der Waals surface area contributed by atoms with E-state index in [1.807, 2.05) is 12.1 Å². The zero-order valence-corrected chi connectivity index (χ0v) is 8.86. The summed E-state index contributed by atoms with van der Waals surface area (Å²) in [6.07, 6.45) is 3.94. The Labute approximate surface area is 85.3 Å². The number of aromatic nitrogens is 1. The molecule has 1 unspecified atom stereocenters. The molecule has 0 radical (unpaired) electrons. The van der Waals surface area contributed by atoms with Gasteiger partial charge in [0, 0.05) is 11.8 Å². The summed E-state index contributed by atoms with van der Waals surface area (Å²) in [7, 11) is 0. The maximum atomic E-state index is 5.65. The first kappa shape index (κ1) is 9.50. The van der Waals surface area contributed by atoms with Gasteiger partial charge in [-0.15, -0.1) is 0 Å². The Balaban J connectivity index is 2.08. The van der Waals surface area contributed by atoms with E-state index in [1.165, 1.54) is 12.8 Å². The van der Waals surface area contributed by atoms with Gasteiger partial charge < -0.3 is 4.74 Å². The molecule has 76 valence electrons. The van der Waals surface area contributed by atoms with Crippen molar-refractivity contribution >= 4 is 0 Å². The van der Waals surface area contributed by atoms with Crippen LogP contribution < -0.4 is 4.74 Å². The molecule has 0 amide bonds. The van der Waals surface area contributed by atoms with Crippen LogP contribution in [0.25, 0.3) is 0 Å². The van der Waals surface area contributed by atoms with Gasteiger partial charge in [-0.1, -0.05) is 19.9 Å². The summed E-state index contributed by atoms with van der Waals surface area (Å²) in [4.78, 5) is 4.50. The van der Waals surface area contributed by atoms with Crippen molar-refractivity contribution in [3.63, 3.8) is 0 Å². The molecule has 1 aliphatic carbocycles. The molecule has 0 N–H and O–H groups in total. The molecule has 0 aliphatic heterocycles. The van der Waals surface area contributed by atoms with Gasteiger partial charge in [-0.3, -0.25) is 0 Å². The molecule has 2 nitrogen and oxygen atoms in total. The average Bonchev–Trinajstić information content (AvgIpc) is 3.01. The van der Waals surface area contributed by atoms with Crippen molar-refractivity contribution in [3.05, 3.63) is 23.9 Å². The van der Waals surface area contributed by atoms with Crippen molar-refractivity contribution in [2.24, 2.45) is 0 Å². The highest BCUT2D eigenvalue weighted by molar-refractivity contribution is 5.18. The van der Waals surface area contributed by atoms with Crippen LogP contribution >= 0.6 is 0 Å². The van der Waals surface area contributed by atoms with E-state index in [-0.39, 0.29) is 0 Å². The lowest BCUT2D eigenvalue weighted by Gasteiger charge is -2.09. The summed E-state index contributed by atoms with van der Waals surface area (Å²) in [5.74, 6) is 1.32. The third-order valence-electron chi connectivity index (χ3n) is 2.67. The van der Waals surface area contributed by atoms with E-state index in [1.54, 1.807) is 0 Å². The number of nitrogens with zero attached hydrogens (tertiary/aromatic N) is 1. The Morgan fingerprint density at radius 1 is 1.50 bits per heavy atom. The second kappa shape index (κ2) is 3.99. The smallest absolute Gasteiger partial charge is 0.213 e. The zero-order chi connectivity index (χ0) is 9.97. The van der Waals surface area contributed by atoms with Crippen molar-refractivity contribution < 1.29 is 4.74 Å². The fourth-order valence-corrected chi connectivity index (χ4v) is 1.34. The molecule has 0 saturated heterocycles. The van der Waals surface area contributed by atoms with E-state index in [0.29, 0.717) is 12.0 Å². The van der Waals surface area contributed by atoms with Gasteiger partial charge in [0.2, 0.25) is 5.88 Å². The minimum atomic E-state index is 0.440. The lowest BCUT2D eigenvalue weighted by molar-refractivity contribution is 0.289. The van der Waals surface area contributed by atoms with Crippen LogP contribution in [0.1, 0.15) is 44.7 Å². The van der Waals surface area contributed by atoms with Crippen LogP contribution in [0.2, 0.25) is 0 Å².